The largest absolute Gasteiger partial charge is 0.205 e. The van der Waals surface area contributed by atoms with E-state index < -0.39 is 0 Å². The number of hydrogen-bond acceptors (Lipinski definition) is 0. The van der Waals surface area contributed by atoms with Crippen molar-refractivity contribution < 1.29 is 4.39 Å². The van der Waals surface area contributed by atoms with E-state index in [1.54, 1.807) is 6.07 Å². The van der Waals surface area contributed by atoms with Gasteiger partial charge in [0.1, 0.15) is 5.82 Å². The smallest absolute Gasteiger partial charge is 0.142 e. The van der Waals surface area contributed by atoms with E-state index in [1.807, 2.05) is 18.2 Å². The van der Waals surface area contributed by atoms with Crippen molar-refractivity contribution >= 4 is 27.5 Å². The molecule has 1 unspecified atom stereocenters. The second kappa shape index (κ2) is 5.85. The molecule has 0 aromatic heterocycles. The third-order valence-electron chi connectivity index (χ3n) is 2.94. The number of halogens is 3. The van der Waals surface area contributed by atoms with Crippen LogP contribution in [0.3, 0.4) is 0 Å². The summed E-state index contributed by atoms with van der Waals surface area (Å²) < 4.78 is 13.4. The Morgan fingerprint density at radius 3 is 2.44 bits per heavy atom. The van der Waals surface area contributed by atoms with Gasteiger partial charge < -0.3 is 0 Å². The van der Waals surface area contributed by atoms with E-state index >= 15 is 0 Å². The molecule has 0 aliphatic carbocycles. The lowest BCUT2D eigenvalue weighted by Crippen LogP contribution is -1.96. The summed E-state index contributed by atoms with van der Waals surface area (Å²) in [5.41, 5.74) is 3.10. The van der Waals surface area contributed by atoms with Crippen molar-refractivity contribution in [3.63, 3.8) is 0 Å². The molecule has 1 atom stereocenters. The van der Waals surface area contributed by atoms with Gasteiger partial charge in [-0.3, -0.25) is 0 Å². The maximum Gasteiger partial charge on any atom is 0.142 e. The molecule has 0 nitrogen and oxygen atoms in total. The van der Waals surface area contributed by atoms with Crippen LogP contribution in [0.4, 0.5) is 4.39 Å². The molecule has 0 saturated heterocycles. The second-order valence-electron chi connectivity index (χ2n) is 4.10. The third-order valence-corrected chi connectivity index (χ3v) is 4.36. The van der Waals surface area contributed by atoms with Crippen LogP contribution in [-0.4, -0.2) is 0 Å². The number of hydrogen-bond donors (Lipinski definition) is 0. The first-order valence-electron chi connectivity index (χ1n) is 5.80. The Morgan fingerprint density at radius 2 is 1.83 bits per heavy atom. The maximum atomic E-state index is 13.4. The first-order valence-corrected chi connectivity index (χ1v) is 7.09. The third kappa shape index (κ3) is 2.76. The summed E-state index contributed by atoms with van der Waals surface area (Å²) >= 11 is 9.57. The summed E-state index contributed by atoms with van der Waals surface area (Å²) in [5.74, 6) is -0.385. The summed E-state index contributed by atoms with van der Waals surface area (Å²) in [5, 5.41) is 0.180. The van der Waals surface area contributed by atoms with Gasteiger partial charge in [0.2, 0.25) is 0 Å². The molecule has 2 rings (SSSR count). The van der Waals surface area contributed by atoms with Crippen LogP contribution in [0.2, 0.25) is 5.02 Å². The first-order chi connectivity index (χ1) is 8.63. The fourth-order valence-corrected chi connectivity index (χ4v) is 2.87. The van der Waals surface area contributed by atoms with Gasteiger partial charge in [-0.15, -0.1) is 0 Å². The molecule has 94 valence electrons. The van der Waals surface area contributed by atoms with Crippen LogP contribution in [0.15, 0.2) is 42.5 Å². The summed E-state index contributed by atoms with van der Waals surface area (Å²) in [6, 6.07) is 13.1. The van der Waals surface area contributed by atoms with Crippen LogP contribution >= 0.6 is 27.5 Å². The Labute approximate surface area is 120 Å². The average molecular weight is 328 g/mol. The predicted molar refractivity (Wildman–Crippen MR) is 78.0 cm³/mol. The van der Waals surface area contributed by atoms with Crippen LogP contribution in [0.25, 0.3) is 0 Å². The number of aryl methyl sites for hydroxylation is 1. The molecule has 0 bridgehead atoms. The zero-order valence-corrected chi connectivity index (χ0v) is 12.3. The van der Waals surface area contributed by atoms with E-state index in [0.717, 1.165) is 17.5 Å². The van der Waals surface area contributed by atoms with Crippen molar-refractivity contribution in [2.45, 2.75) is 18.2 Å². The lowest BCUT2D eigenvalue weighted by molar-refractivity contribution is 0.626. The van der Waals surface area contributed by atoms with Crippen LogP contribution in [0.1, 0.15) is 28.4 Å². The monoisotopic (exact) mass is 326 g/mol. The molecule has 0 fully saturated rings. The fourth-order valence-electron chi connectivity index (χ4n) is 1.82. The van der Waals surface area contributed by atoms with E-state index in [0.29, 0.717) is 0 Å². The van der Waals surface area contributed by atoms with Gasteiger partial charge in [0, 0.05) is 0 Å². The Balaban J connectivity index is 2.35. The van der Waals surface area contributed by atoms with Crippen molar-refractivity contribution in [1.29, 1.82) is 0 Å². The SMILES string of the molecule is CCc1ccc(C(Br)c2cccc(F)c2Cl)cc1. The number of rotatable bonds is 3. The van der Waals surface area contributed by atoms with Gasteiger partial charge in [0.25, 0.3) is 0 Å². The van der Waals surface area contributed by atoms with Crippen LogP contribution in [0.5, 0.6) is 0 Å². The molecule has 2 aromatic rings. The number of benzene rings is 2. The van der Waals surface area contributed by atoms with Crippen molar-refractivity contribution in [1.82, 2.24) is 0 Å². The lowest BCUT2D eigenvalue weighted by atomic mass is 10.0. The summed E-state index contributed by atoms with van der Waals surface area (Å²) in [6.07, 6.45) is 1.01. The van der Waals surface area contributed by atoms with Gasteiger partial charge in [-0.2, -0.15) is 0 Å². The van der Waals surface area contributed by atoms with Crippen molar-refractivity contribution in [2.75, 3.05) is 0 Å². The minimum atomic E-state index is -0.385. The highest BCUT2D eigenvalue weighted by Gasteiger charge is 2.15. The van der Waals surface area contributed by atoms with Gasteiger partial charge in [-0.05, 0) is 29.2 Å². The Bertz CT molecular complexity index is 537. The predicted octanol–water partition coefficient (Wildman–Crippen LogP) is 5.53. The number of alkyl halides is 1. The van der Waals surface area contributed by atoms with Crippen LogP contribution in [-0.2, 0) is 6.42 Å². The topological polar surface area (TPSA) is 0 Å². The fraction of sp³-hybridized carbons (Fsp3) is 0.200. The zero-order valence-electron chi connectivity index (χ0n) is 9.96. The molecule has 18 heavy (non-hydrogen) atoms. The lowest BCUT2D eigenvalue weighted by Gasteiger charge is -2.13. The minimum Gasteiger partial charge on any atom is -0.205 e. The molecular formula is C15H13BrClF. The van der Waals surface area contributed by atoms with Gasteiger partial charge in [-0.1, -0.05) is 70.9 Å². The van der Waals surface area contributed by atoms with E-state index in [-0.39, 0.29) is 15.7 Å². The van der Waals surface area contributed by atoms with Crippen molar-refractivity contribution in [3.8, 4) is 0 Å². The Morgan fingerprint density at radius 1 is 1.17 bits per heavy atom. The van der Waals surface area contributed by atoms with Crippen LogP contribution < -0.4 is 0 Å². The van der Waals surface area contributed by atoms with E-state index in [1.165, 1.54) is 11.6 Å². The van der Waals surface area contributed by atoms with E-state index in [2.05, 4.69) is 35.0 Å². The molecule has 0 radical (unpaired) electrons. The van der Waals surface area contributed by atoms with Gasteiger partial charge in [0.05, 0.1) is 9.85 Å². The van der Waals surface area contributed by atoms with Gasteiger partial charge in [-0.25, -0.2) is 4.39 Å². The first kappa shape index (κ1) is 13.6. The molecule has 0 aliphatic heterocycles. The molecule has 0 heterocycles. The van der Waals surface area contributed by atoms with Gasteiger partial charge >= 0.3 is 0 Å². The summed E-state index contributed by atoms with van der Waals surface area (Å²) in [7, 11) is 0. The highest BCUT2D eigenvalue weighted by molar-refractivity contribution is 9.09. The Hall–Kier alpha value is -0.860. The van der Waals surface area contributed by atoms with E-state index in [9.17, 15) is 4.39 Å². The van der Waals surface area contributed by atoms with E-state index in [4.69, 9.17) is 11.6 Å². The van der Waals surface area contributed by atoms with Crippen LogP contribution in [0, 0.1) is 5.82 Å². The zero-order chi connectivity index (χ0) is 13.1. The standard InChI is InChI=1S/C15H13BrClF/c1-2-10-6-8-11(9-7-10)14(16)12-4-3-5-13(18)15(12)17/h3-9,14H,2H2,1H3. The molecule has 0 N–H and O–H groups in total. The molecule has 0 amide bonds. The quantitative estimate of drug-likeness (QED) is 0.651. The van der Waals surface area contributed by atoms with Crippen molar-refractivity contribution in [2.24, 2.45) is 0 Å². The molecule has 2 aromatic carbocycles. The second-order valence-corrected chi connectivity index (χ2v) is 5.39. The molecule has 0 saturated carbocycles. The summed E-state index contributed by atoms with van der Waals surface area (Å²) in [4.78, 5) is -0.0911. The summed E-state index contributed by atoms with van der Waals surface area (Å²) in [6.45, 7) is 2.12. The normalized spacial score (nSPS) is 12.4. The molecule has 0 aliphatic rings. The highest BCUT2D eigenvalue weighted by atomic mass is 79.9. The van der Waals surface area contributed by atoms with Crippen molar-refractivity contribution in [3.05, 3.63) is 70.0 Å². The Kier molecular flexibility index (Phi) is 4.41. The molecular weight excluding hydrogens is 315 g/mol. The maximum absolute atomic E-state index is 13.4. The van der Waals surface area contributed by atoms with Gasteiger partial charge in [0.15, 0.2) is 0 Å². The molecule has 0 spiro atoms. The average Bonchev–Trinajstić information content (AvgIpc) is 2.41. The minimum absolute atomic E-state index is 0.0911. The molecule has 3 heteroatoms. The highest BCUT2D eigenvalue weighted by Crippen LogP contribution is 2.36.